The number of hydrogen-bond donors (Lipinski definition) is 0. The van der Waals surface area contributed by atoms with Crippen LogP contribution >= 0.6 is 0 Å². The molecule has 8 heteroatoms. The Bertz CT molecular complexity index is 1040. The molecule has 33 heavy (non-hydrogen) atoms. The number of anilines is 1. The Morgan fingerprint density at radius 2 is 1.55 bits per heavy atom. The van der Waals surface area contributed by atoms with Crippen LogP contribution in [0.3, 0.4) is 0 Å². The Morgan fingerprint density at radius 1 is 0.909 bits per heavy atom. The molecule has 2 saturated heterocycles. The van der Waals surface area contributed by atoms with Crippen LogP contribution in [0.5, 0.6) is 0 Å². The lowest BCUT2D eigenvalue weighted by atomic mass is 10.1. The predicted octanol–water partition coefficient (Wildman–Crippen LogP) is 3.36. The van der Waals surface area contributed by atoms with Crippen LogP contribution in [0.15, 0.2) is 53.4 Å². The van der Waals surface area contributed by atoms with Crippen molar-refractivity contribution in [3.05, 3.63) is 59.7 Å². The molecule has 0 atom stereocenters. The van der Waals surface area contributed by atoms with Gasteiger partial charge in [-0.15, -0.1) is 0 Å². The van der Waals surface area contributed by atoms with Gasteiger partial charge in [-0.1, -0.05) is 31.0 Å². The van der Waals surface area contributed by atoms with Gasteiger partial charge in [0.25, 0.3) is 5.91 Å². The van der Waals surface area contributed by atoms with Crippen molar-refractivity contribution in [1.82, 2.24) is 9.21 Å². The van der Waals surface area contributed by atoms with Crippen molar-refractivity contribution in [3.8, 4) is 0 Å². The number of para-hydroxylation sites is 1. The number of carbonyl (C=O) groups is 1. The van der Waals surface area contributed by atoms with E-state index < -0.39 is 10.0 Å². The molecule has 178 valence electrons. The standard InChI is InChI=1S/C25H33N3O4S/c1-26(20-22-8-4-5-9-24(22)27-16-18-32-19-17-27)25(29)21-10-12-23(13-11-21)33(30,31)28-14-6-2-3-7-15-28/h4-5,8-13H,2-3,6-7,14-20H2,1H3. The highest BCUT2D eigenvalue weighted by Gasteiger charge is 2.25. The average Bonchev–Trinajstić information content (AvgIpc) is 3.15. The van der Waals surface area contributed by atoms with Crippen molar-refractivity contribution in [2.45, 2.75) is 37.1 Å². The SMILES string of the molecule is CN(Cc1ccccc1N1CCOCC1)C(=O)c1ccc(S(=O)(=O)N2CCCCCC2)cc1. The van der Waals surface area contributed by atoms with Crippen LogP contribution < -0.4 is 4.90 Å². The summed E-state index contributed by atoms with van der Waals surface area (Å²) in [5.41, 5.74) is 2.69. The zero-order valence-corrected chi connectivity index (χ0v) is 20.1. The van der Waals surface area contributed by atoms with E-state index in [9.17, 15) is 13.2 Å². The summed E-state index contributed by atoms with van der Waals surface area (Å²) in [7, 11) is -1.74. The molecule has 2 aliphatic rings. The van der Waals surface area contributed by atoms with E-state index in [0.29, 0.717) is 38.4 Å². The summed E-state index contributed by atoms with van der Waals surface area (Å²) < 4.78 is 33.0. The third-order valence-electron chi connectivity index (χ3n) is 6.40. The molecule has 0 N–H and O–H groups in total. The van der Waals surface area contributed by atoms with Gasteiger partial charge >= 0.3 is 0 Å². The van der Waals surface area contributed by atoms with Gasteiger partial charge in [-0.3, -0.25) is 4.79 Å². The number of nitrogens with zero attached hydrogens (tertiary/aromatic N) is 3. The first-order valence-corrected chi connectivity index (χ1v) is 13.2. The maximum atomic E-state index is 13.1. The van der Waals surface area contributed by atoms with E-state index >= 15 is 0 Å². The average molecular weight is 472 g/mol. The number of sulfonamides is 1. The van der Waals surface area contributed by atoms with Gasteiger partial charge in [0, 0.05) is 51.0 Å². The van der Waals surface area contributed by atoms with Gasteiger partial charge in [-0.05, 0) is 48.7 Å². The molecule has 0 saturated carbocycles. The Balaban J connectivity index is 1.45. The molecule has 2 heterocycles. The van der Waals surface area contributed by atoms with E-state index in [-0.39, 0.29) is 10.8 Å². The number of morpholine rings is 1. The van der Waals surface area contributed by atoms with Gasteiger partial charge in [-0.2, -0.15) is 4.31 Å². The highest BCUT2D eigenvalue weighted by Crippen LogP contribution is 2.24. The fourth-order valence-corrected chi connectivity index (χ4v) is 6.02. The fraction of sp³-hybridized carbons (Fsp3) is 0.480. The molecular formula is C25H33N3O4S. The van der Waals surface area contributed by atoms with Gasteiger partial charge in [0.1, 0.15) is 0 Å². The first kappa shape index (κ1) is 23.7. The molecule has 0 aromatic heterocycles. The summed E-state index contributed by atoms with van der Waals surface area (Å²) in [6.07, 6.45) is 3.93. The zero-order chi connectivity index (χ0) is 23.3. The second-order valence-corrected chi connectivity index (χ2v) is 10.7. The molecular weight excluding hydrogens is 438 g/mol. The summed E-state index contributed by atoms with van der Waals surface area (Å²) in [6, 6.07) is 14.5. The molecule has 2 fully saturated rings. The van der Waals surface area contributed by atoms with Crippen LogP contribution in [0, 0.1) is 0 Å². The van der Waals surface area contributed by atoms with E-state index in [0.717, 1.165) is 50.0 Å². The second kappa shape index (κ2) is 10.7. The van der Waals surface area contributed by atoms with Crippen LogP contribution in [-0.4, -0.2) is 70.0 Å². The highest BCUT2D eigenvalue weighted by atomic mass is 32.2. The molecule has 0 unspecified atom stereocenters. The largest absolute Gasteiger partial charge is 0.378 e. The smallest absolute Gasteiger partial charge is 0.253 e. The molecule has 2 aromatic carbocycles. The molecule has 4 rings (SSSR count). The molecule has 0 radical (unpaired) electrons. The number of carbonyl (C=O) groups excluding carboxylic acids is 1. The van der Waals surface area contributed by atoms with Crippen molar-refractivity contribution >= 4 is 21.6 Å². The fourth-order valence-electron chi connectivity index (χ4n) is 4.51. The Hall–Kier alpha value is -2.42. The van der Waals surface area contributed by atoms with Gasteiger partial charge in [0.05, 0.1) is 18.1 Å². The van der Waals surface area contributed by atoms with Crippen molar-refractivity contribution in [2.24, 2.45) is 0 Å². The van der Waals surface area contributed by atoms with Crippen LogP contribution in [0.25, 0.3) is 0 Å². The van der Waals surface area contributed by atoms with E-state index in [1.54, 1.807) is 40.5 Å². The Morgan fingerprint density at radius 3 is 2.21 bits per heavy atom. The lowest BCUT2D eigenvalue weighted by Crippen LogP contribution is -2.37. The van der Waals surface area contributed by atoms with Crippen molar-refractivity contribution in [2.75, 3.05) is 51.3 Å². The highest BCUT2D eigenvalue weighted by molar-refractivity contribution is 7.89. The Kier molecular flexibility index (Phi) is 7.67. The third-order valence-corrected chi connectivity index (χ3v) is 8.31. The van der Waals surface area contributed by atoms with Gasteiger partial charge in [-0.25, -0.2) is 8.42 Å². The van der Waals surface area contributed by atoms with Gasteiger partial charge in [0.15, 0.2) is 0 Å². The predicted molar refractivity (Wildman–Crippen MR) is 129 cm³/mol. The first-order valence-electron chi connectivity index (χ1n) is 11.7. The molecule has 1 amide bonds. The van der Waals surface area contributed by atoms with Crippen molar-refractivity contribution in [3.63, 3.8) is 0 Å². The maximum absolute atomic E-state index is 13.1. The summed E-state index contributed by atoms with van der Waals surface area (Å²) in [5, 5.41) is 0. The van der Waals surface area contributed by atoms with E-state index in [1.165, 1.54) is 0 Å². The summed E-state index contributed by atoms with van der Waals surface area (Å²) in [4.78, 5) is 17.3. The topological polar surface area (TPSA) is 70.2 Å². The number of hydrogen-bond acceptors (Lipinski definition) is 5. The van der Waals surface area contributed by atoms with Crippen LogP contribution in [0.2, 0.25) is 0 Å². The van der Waals surface area contributed by atoms with Gasteiger partial charge < -0.3 is 14.5 Å². The number of rotatable bonds is 6. The maximum Gasteiger partial charge on any atom is 0.253 e. The minimum atomic E-state index is -3.52. The van der Waals surface area contributed by atoms with Crippen LogP contribution in [0.1, 0.15) is 41.6 Å². The van der Waals surface area contributed by atoms with E-state index in [4.69, 9.17) is 4.74 Å². The monoisotopic (exact) mass is 471 g/mol. The van der Waals surface area contributed by atoms with Gasteiger partial charge in [0.2, 0.25) is 10.0 Å². The second-order valence-electron chi connectivity index (χ2n) is 8.73. The first-order chi connectivity index (χ1) is 16.0. The minimum absolute atomic E-state index is 0.134. The van der Waals surface area contributed by atoms with Crippen molar-refractivity contribution < 1.29 is 17.9 Å². The molecule has 0 spiro atoms. The van der Waals surface area contributed by atoms with Crippen LogP contribution in [-0.2, 0) is 21.3 Å². The molecule has 7 nitrogen and oxygen atoms in total. The normalized spacial score (nSPS) is 18.0. The quantitative estimate of drug-likeness (QED) is 0.646. The van der Waals surface area contributed by atoms with E-state index in [1.807, 2.05) is 18.2 Å². The number of ether oxygens (including phenoxy) is 1. The summed E-state index contributed by atoms with van der Waals surface area (Å²) >= 11 is 0. The zero-order valence-electron chi connectivity index (χ0n) is 19.3. The minimum Gasteiger partial charge on any atom is -0.378 e. The molecule has 0 bridgehead atoms. The number of amides is 1. The molecule has 2 aromatic rings. The molecule has 2 aliphatic heterocycles. The van der Waals surface area contributed by atoms with Crippen LogP contribution in [0.4, 0.5) is 5.69 Å². The Labute approximate surface area is 197 Å². The summed E-state index contributed by atoms with van der Waals surface area (Å²) in [6.45, 7) is 4.68. The molecule has 0 aliphatic carbocycles. The third kappa shape index (κ3) is 5.57. The lowest BCUT2D eigenvalue weighted by Gasteiger charge is -2.31. The number of benzene rings is 2. The van der Waals surface area contributed by atoms with E-state index in [2.05, 4.69) is 11.0 Å². The summed E-state index contributed by atoms with van der Waals surface area (Å²) in [5.74, 6) is -0.134. The van der Waals surface area contributed by atoms with Crippen molar-refractivity contribution in [1.29, 1.82) is 0 Å². The lowest BCUT2D eigenvalue weighted by molar-refractivity contribution is 0.0784.